The quantitative estimate of drug-likeness (QED) is 0.788. The van der Waals surface area contributed by atoms with E-state index in [1.807, 2.05) is 24.3 Å². The second-order valence-corrected chi connectivity index (χ2v) is 5.08. The van der Waals surface area contributed by atoms with E-state index >= 15 is 0 Å². The van der Waals surface area contributed by atoms with E-state index in [9.17, 15) is 8.78 Å². The molecule has 0 amide bonds. The van der Waals surface area contributed by atoms with Crippen molar-refractivity contribution in [1.82, 2.24) is 0 Å². The molecule has 1 N–H and O–H groups in total. The highest BCUT2D eigenvalue weighted by molar-refractivity contribution is 9.10. The molecule has 1 nitrogen and oxygen atoms in total. The van der Waals surface area contributed by atoms with Gasteiger partial charge in [-0.05, 0) is 52.2 Å². The summed E-state index contributed by atoms with van der Waals surface area (Å²) in [7, 11) is 0. The predicted octanol–water partition coefficient (Wildman–Crippen LogP) is 4.90. The number of rotatable bonds is 4. The van der Waals surface area contributed by atoms with Crippen LogP contribution in [0.2, 0.25) is 0 Å². The molecule has 0 saturated heterocycles. The molecule has 0 bridgehead atoms. The van der Waals surface area contributed by atoms with Gasteiger partial charge in [-0.2, -0.15) is 0 Å². The smallest absolute Gasteiger partial charge is 0.145 e. The lowest BCUT2D eigenvalue weighted by Gasteiger charge is -2.10. The van der Waals surface area contributed by atoms with Crippen LogP contribution in [0.15, 0.2) is 40.9 Å². The van der Waals surface area contributed by atoms with Crippen LogP contribution >= 0.6 is 15.9 Å². The van der Waals surface area contributed by atoms with E-state index in [1.165, 1.54) is 17.7 Å². The van der Waals surface area contributed by atoms with Crippen LogP contribution in [-0.2, 0) is 13.0 Å². The van der Waals surface area contributed by atoms with Crippen LogP contribution in [0.1, 0.15) is 18.1 Å². The van der Waals surface area contributed by atoms with Crippen LogP contribution in [0.5, 0.6) is 0 Å². The van der Waals surface area contributed by atoms with Crippen molar-refractivity contribution in [2.75, 3.05) is 5.32 Å². The average Bonchev–Trinajstić information content (AvgIpc) is 2.43. The maximum Gasteiger partial charge on any atom is 0.145 e. The largest absolute Gasteiger partial charge is 0.381 e. The van der Waals surface area contributed by atoms with E-state index in [2.05, 4.69) is 28.2 Å². The molecule has 0 aliphatic heterocycles. The lowest BCUT2D eigenvalue weighted by atomic mass is 10.1. The summed E-state index contributed by atoms with van der Waals surface area (Å²) < 4.78 is 27.6. The van der Waals surface area contributed by atoms with Gasteiger partial charge >= 0.3 is 0 Å². The normalized spacial score (nSPS) is 10.5. The Hall–Kier alpha value is -1.42. The van der Waals surface area contributed by atoms with Crippen LogP contribution in [0.25, 0.3) is 0 Å². The molecule has 0 heterocycles. The van der Waals surface area contributed by atoms with E-state index in [0.29, 0.717) is 0 Å². The first-order valence-corrected chi connectivity index (χ1v) is 6.86. The molecule has 100 valence electrons. The molecule has 0 fully saturated rings. The Labute approximate surface area is 119 Å². The predicted molar refractivity (Wildman–Crippen MR) is 77.2 cm³/mol. The van der Waals surface area contributed by atoms with Gasteiger partial charge in [-0.3, -0.25) is 0 Å². The lowest BCUT2D eigenvalue weighted by Crippen LogP contribution is -2.05. The molecule has 0 aliphatic rings. The maximum atomic E-state index is 13.8. The third-order valence-corrected chi connectivity index (χ3v) is 3.56. The van der Waals surface area contributed by atoms with E-state index in [4.69, 9.17) is 0 Å². The Balaban J connectivity index is 2.16. The number of hydrogen-bond acceptors (Lipinski definition) is 1. The Morgan fingerprint density at radius 2 is 1.95 bits per heavy atom. The summed E-state index contributed by atoms with van der Waals surface area (Å²) in [4.78, 5) is 0. The molecule has 0 radical (unpaired) electrons. The van der Waals surface area contributed by atoms with Gasteiger partial charge in [0.25, 0.3) is 0 Å². The third kappa shape index (κ3) is 3.32. The van der Waals surface area contributed by atoms with Gasteiger partial charge in [0.15, 0.2) is 0 Å². The topological polar surface area (TPSA) is 12.0 Å². The van der Waals surface area contributed by atoms with E-state index in [0.717, 1.165) is 12.1 Å². The minimum atomic E-state index is -0.556. The highest BCUT2D eigenvalue weighted by atomic mass is 79.9. The Bertz CT molecular complexity index is 584. The molecule has 0 aliphatic carbocycles. The molecule has 19 heavy (non-hydrogen) atoms. The van der Waals surface area contributed by atoms with Gasteiger partial charge in [0.05, 0.1) is 4.47 Å². The van der Waals surface area contributed by atoms with Crippen LogP contribution in [-0.4, -0.2) is 0 Å². The minimum Gasteiger partial charge on any atom is -0.381 e. The van der Waals surface area contributed by atoms with Crippen molar-refractivity contribution in [1.29, 1.82) is 0 Å². The zero-order chi connectivity index (χ0) is 13.8. The number of aryl methyl sites for hydroxylation is 1. The van der Waals surface area contributed by atoms with Crippen molar-refractivity contribution in [3.63, 3.8) is 0 Å². The molecular weight excluding hydrogens is 312 g/mol. The van der Waals surface area contributed by atoms with E-state index < -0.39 is 11.6 Å². The first-order valence-electron chi connectivity index (χ1n) is 6.07. The van der Waals surface area contributed by atoms with Gasteiger partial charge in [0.2, 0.25) is 0 Å². The molecule has 0 atom stereocenters. The van der Waals surface area contributed by atoms with Gasteiger partial charge in [0.1, 0.15) is 11.6 Å². The zero-order valence-corrected chi connectivity index (χ0v) is 12.1. The number of benzene rings is 2. The summed E-state index contributed by atoms with van der Waals surface area (Å²) in [6, 6.07) is 10.4. The SMILES string of the molecule is CCc1cccc(NCc2c(F)ccc(Br)c2F)c1. The molecular formula is C15H14BrF2N. The van der Waals surface area contributed by atoms with Crippen molar-refractivity contribution in [3.05, 3.63) is 63.6 Å². The van der Waals surface area contributed by atoms with Crippen molar-refractivity contribution in [3.8, 4) is 0 Å². The molecule has 2 aromatic carbocycles. The summed E-state index contributed by atoms with van der Waals surface area (Å²) in [6.07, 6.45) is 0.926. The van der Waals surface area contributed by atoms with Crippen LogP contribution in [0, 0.1) is 11.6 Å². The van der Waals surface area contributed by atoms with E-state index in [1.54, 1.807) is 0 Å². The van der Waals surface area contributed by atoms with E-state index in [-0.39, 0.29) is 16.6 Å². The Kier molecular flexibility index (Phi) is 4.53. The van der Waals surface area contributed by atoms with Gasteiger partial charge in [-0.25, -0.2) is 8.78 Å². The first-order chi connectivity index (χ1) is 9.11. The molecule has 0 spiro atoms. The standard InChI is InChI=1S/C15H14BrF2N/c1-2-10-4-3-5-11(8-10)19-9-12-14(17)7-6-13(16)15(12)18/h3-8,19H,2,9H2,1H3. The van der Waals surface area contributed by atoms with Crippen LogP contribution in [0.4, 0.5) is 14.5 Å². The van der Waals surface area contributed by atoms with Crippen LogP contribution < -0.4 is 5.32 Å². The lowest BCUT2D eigenvalue weighted by molar-refractivity contribution is 0.555. The summed E-state index contributed by atoms with van der Waals surface area (Å²) in [5.74, 6) is -1.10. The van der Waals surface area contributed by atoms with Crippen molar-refractivity contribution in [2.45, 2.75) is 19.9 Å². The minimum absolute atomic E-state index is 0.0382. The monoisotopic (exact) mass is 325 g/mol. The molecule has 4 heteroatoms. The summed E-state index contributed by atoms with van der Waals surface area (Å²) >= 11 is 3.06. The fraction of sp³-hybridized carbons (Fsp3) is 0.200. The number of anilines is 1. The number of hydrogen-bond donors (Lipinski definition) is 1. The zero-order valence-electron chi connectivity index (χ0n) is 10.5. The fourth-order valence-electron chi connectivity index (χ4n) is 1.82. The highest BCUT2D eigenvalue weighted by Gasteiger charge is 2.11. The Morgan fingerprint density at radius 3 is 2.68 bits per heavy atom. The molecule has 0 unspecified atom stereocenters. The number of halogens is 3. The van der Waals surface area contributed by atoms with Crippen molar-refractivity contribution >= 4 is 21.6 Å². The summed E-state index contributed by atoms with van der Waals surface area (Å²) in [5, 5.41) is 3.04. The summed E-state index contributed by atoms with van der Waals surface area (Å²) in [6.45, 7) is 2.18. The van der Waals surface area contributed by atoms with Gasteiger partial charge < -0.3 is 5.32 Å². The Morgan fingerprint density at radius 1 is 1.16 bits per heavy atom. The molecule has 2 rings (SSSR count). The van der Waals surface area contributed by atoms with Crippen molar-refractivity contribution < 1.29 is 8.78 Å². The van der Waals surface area contributed by atoms with Gasteiger partial charge in [-0.1, -0.05) is 19.1 Å². The molecule has 0 saturated carbocycles. The second kappa shape index (κ2) is 6.15. The molecule has 0 aromatic heterocycles. The fourth-order valence-corrected chi connectivity index (χ4v) is 2.19. The maximum absolute atomic E-state index is 13.8. The van der Waals surface area contributed by atoms with Crippen LogP contribution in [0.3, 0.4) is 0 Å². The number of nitrogens with one attached hydrogen (secondary N) is 1. The second-order valence-electron chi connectivity index (χ2n) is 4.23. The third-order valence-electron chi connectivity index (χ3n) is 2.94. The molecule has 2 aromatic rings. The first kappa shape index (κ1) is 14.0. The highest BCUT2D eigenvalue weighted by Crippen LogP contribution is 2.22. The van der Waals surface area contributed by atoms with Crippen molar-refractivity contribution in [2.24, 2.45) is 0 Å². The average molecular weight is 326 g/mol. The van der Waals surface area contributed by atoms with Gasteiger partial charge in [-0.15, -0.1) is 0 Å². The van der Waals surface area contributed by atoms with Gasteiger partial charge in [0, 0.05) is 17.8 Å². The summed E-state index contributed by atoms with van der Waals surface area (Å²) in [5.41, 5.74) is 2.08.